The first-order valence-electron chi connectivity index (χ1n) is 7.61. The van der Waals surface area contributed by atoms with Gasteiger partial charge >= 0.3 is 0 Å². The number of rotatable bonds is 4. The normalized spacial score (nSPS) is 15.8. The third-order valence-electron chi connectivity index (χ3n) is 4.16. The van der Waals surface area contributed by atoms with E-state index in [1.807, 2.05) is 12.1 Å². The molecule has 0 aromatic heterocycles. The van der Waals surface area contributed by atoms with Crippen LogP contribution in [-0.2, 0) is 6.54 Å². The SMILES string of the molecule is COc1ccc(N2CCN(Cc3ccccc3Br)CC2)cc1. The second kappa shape index (κ2) is 7.16. The molecular formula is C18H21BrN2O. The Kier molecular flexibility index (Phi) is 5.01. The van der Waals surface area contributed by atoms with Gasteiger partial charge in [0.2, 0.25) is 0 Å². The van der Waals surface area contributed by atoms with Crippen molar-refractivity contribution in [1.29, 1.82) is 0 Å². The molecule has 1 heterocycles. The van der Waals surface area contributed by atoms with Crippen LogP contribution in [0, 0.1) is 0 Å². The number of nitrogens with zero attached hydrogens (tertiary/aromatic N) is 2. The molecule has 2 aromatic carbocycles. The first-order chi connectivity index (χ1) is 10.8. The number of ether oxygens (including phenoxy) is 1. The Morgan fingerprint density at radius 3 is 2.27 bits per heavy atom. The van der Waals surface area contributed by atoms with Crippen molar-refractivity contribution in [3.05, 3.63) is 58.6 Å². The van der Waals surface area contributed by atoms with Crippen LogP contribution in [0.3, 0.4) is 0 Å². The zero-order valence-electron chi connectivity index (χ0n) is 12.8. The maximum absolute atomic E-state index is 5.22. The first-order valence-corrected chi connectivity index (χ1v) is 8.40. The van der Waals surface area contributed by atoms with E-state index in [1.165, 1.54) is 15.7 Å². The third-order valence-corrected chi connectivity index (χ3v) is 4.94. The topological polar surface area (TPSA) is 15.7 Å². The summed E-state index contributed by atoms with van der Waals surface area (Å²) in [6.45, 7) is 5.33. The highest BCUT2D eigenvalue weighted by Crippen LogP contribution is 2.22. The van der Waals surface area contributed by atoms with Crippen molar-refractivity contribution in [2.75, 3.05) is 38.2 Å². The lowest BCUT2D eigenvalue weighted by Crippen LogP contribution is -2.46. The fourth-order valence-corrected chi connectivity index (χ4v) is 3.23. The minimum atomic E-state index is 0.913. The lowest BCUT2D eigenvalue weighted by atomic mass is 10.2. The number of methoxy groups -OCH3 is 1. The van der Waals surface area contributed by atoms with Gasteiger partial charge in [0.1, 0.15) is 5.75 Å². The summed E-state index contributed by atoms with van der Waals surface area (Å²) in [4.78, 5) is 4.95. The standard InChI is InChI=1S/C18H21BrN2O/c1-22-17-8-6-16(7-9-17)21-12-10-20(11-13-21)14-15-4-2-3-5-18(15)19/h2-9H,10-14H2,1H3. The highest BCUT2D eigenvalue weighted by molar-refractivity contribution is 9.10. The van der Waals surface area contributed by atoms with E-state index in [0.717, 1.165) is 38.5 Å². The van der Waals surface area contributed by atoms with Gasteiger partial charge in [-0.1, -0.05) is 34.1 Å². The molecule has 0 spiro atoms. The highest BCUT2D eigenvalue weighted by atomic mass is 79.9. The molecule has 1 fully saturated rings. The quantitative estimate of drug-likeness (QED) is 0.824. The zero-order chi connectivity index (χ0) is 15.4. The molecule has 22 heavy (non-hydrogen) atoms. The molecule has 4 heteroatoms. The number of piperazine rings is 1. The van der Waals surface area contributed by atoms with E-state index in [0.29, 0.717) is 0 Å². The molecule has 1 saturated heterocycles. The van der Waals surface area contributed by atoms with Crippen LogP contribution in [-0.4, -0.2) is 38.2 Å². The lowest BCUT2D eigenvalue weighted by molar-refractivity contribution is 0.249. The lowest BCUT2D eigenvalue weighted by Gasteiger charge is -2.36. The van der Waals surface area contributed by atoms with Crippen molar-refractivity contribution in [1.82, 2.24) is 4.90 Å². The van der Waals surface area contributed by atoms with E-state index in [-0.39, 0.29) is 0 Å². The van der Waals surface area contributed by atoms with Crippen LogP contribution in [0.1, 0.15) is 5.56 Å². The molecule has 3 rings (SSSR count). The zero-order valence-corrected chi connectivity index (χ0v) is 14.4. The maximum Gasteiger partial charge on any atom is 0.119 e. The van der Waals surface area contributed by atoms with Crippen LogP contribution >= 0.6 is 15.9 Å². The molecule has 0 unspecified atom stereocenters. The van der Waals surface area contributed by atoms with Crippen molar-refractivity contribution in [2.45, 2.75) is 6.54 Å². The van der Waals surface area contributed by atoms with E-state index < -0.39 is 0 Å². The highest BCUT2D eigenvalue weighted by Gasteiger charge is 2.17. The molecule has 2 aromatic rings. The van der Waals surface area contributed by atoms with Crippen molar-refractivity contribution >= 4 is 21.6 Å². The molecule has 1 aliphatic heterocycles. The predicted molar refractivity (Wildman–Crippen MR) is 94.6 cm³/mol. The van der Waals surface area contributed by atoms with Gasteiger partial charge in [-0.3, -0.25) is 4.90 Å². The molecule has 0 radical (unpaired) electrons. The van der Waals surface area contributed by atoms with Crippen molar-refractivity contribution in [2.24, 2.45) is 0 Å². The summed E-state index contributed by atoms with van der Waals surface area (Å²) < 4.78 is 6.42. The van der Waals surface area contributed by atoms with E-state index in [9.17, 15) is 0 Å². The Morgan fingerprint density at radius 2 is 1.64 bits per heavy atom. The molecule has 0 aliphatic carbocycles. The summed E-state index contributed by atoms with van der Waals surface area (Å²) >= 11 is 3.64. The van der Waals surface area contributed by atoms with Crippen LogP contribution in [0.5, 0.6) is 5.75 Å². The van der Waals surface area contributed by atoms with Gasteiger partial charge < -0.3 is 9.64 Å². The number of anilines is 1. The van der Waals surface area contributed by atoms with E-state index in [2.05, 4.69) is 62.1 Å². The summed E-state index contributed by atoms with van der Waals surface area (Å²) in [7, 11) is 1.70. The third kappa shape index (κ3) is 3.62. The second-order valence-corrected chi connectivity index (χ2v) is 6.41. The molecule has 0 amide bonds. The van der Waals surface area contributed by atoms with Crippen molar-refractivity contribution in [3.63, 3.8) is 0 Å². The maximum atomic E-state index is 5.22. The second-order valence-electron chi connectivity index (χ2n) is 5.55. The van der Waals surface area contributed by atoms with Gasteiger partial charge in [-0.2, -0.15) is 0 Å². The smallest absolute Gasteiger partial charge is 0.119 e. The van der Waals surface area contributed by atoms with E-state index >= 15 is 0 Å². The number of benzene rings is 2. The van der Waals surface area contributed by atoms with Gasteiger partial charge in [0.25, 0.3) is 0 Å². The van der Waals surface area contributed by atoms with E-state index in [1.54, 1.807) is 7.11 Å². The summed E-state index contributed by atoms with van der Waals surface area (Å²) in [6.07, 6.45) is 0. The molecule has 0 atom stereocenters. The molecule has 116 valence electrons. The van der Waals surface area contributed by atoms with Crippen molar-refractivity contribution in [3.8, 4) is 5.75 Å². The molecular weight excluding hydrogens is 340 g/mol. The Labute approximate surface area is 140 Å². The number of hydrogen-bond acceptors (Lipinski definition) is 3. The molecule has 3 nitrogen and oxygen atoms in total. The van der Waals surface area contributed by atoms with Crippen LogP contribution in [0.15, 0.2) is 53.0 Å². The molecule has 1 aliphatic rings. The predicted octanol–water partition coefficient (Wildman–Crippen LogP) is 3.78. The number of hydrogen-bond donors (Lipinski definition) is 0. The van der Waals surface area contributed by atoms with Crippen LogP contribution in [0.25, 0.3) is 0 Å². The molecule has 0 N–H and O–H groups in total. The Bertz CT molecular complexity index is 607. The first kappa shape index (κ1) is 15.4. The van der Waals surface area contributed by atoms with Gasteiger partial charge in [-0.15, -0.1) is 0 Å². The largest absolute Gasteiger partial charge is 0.497 e. The van der Waals surface area contributed by atoms with Gasteiger partial charge in [0.05, 0.1) is 7.11 Å². The number of halogens is 1. The Hall–Kier alpha value is -1.52. The fourth-order valence-electron chi connectivity index (χ4n) is 2.82. The van der Waals surface area contributed by atoms with Crippen LogP contribution in [0.4, 0.5) is 5.69 Å². The van der Waals surface area contributed by atoms with E-state index in [4.69, 9.17) is 4.74 Å². The van der Waals surface area contributed by atoms with Gasteiger partial charge in [-0.25, -0.2) is 0 Å². The minimum Gasteiger partial charge on any atom is -0.497 e. The van der Waals surface area contributed by atoms with Crippen LogP contribution < -0.4 is 9.64 Å². The molecule has 0 saturated carbocycles. The molecule has 0 bridgehead atoms. The van der Waals surface area contributed by atoms with Gasteiger partial charge in [-0.05, 0) is 35.9 Å². The average molecular weight is 361 g/mol. The summed E-state index contributed by atoms with van der Waals surface area (Å²) in [6, 6.07) is 16.8. The minimum absolute atomic E-state index is 0.913. The Morgan fingerprint density at radius 1 is 0.955 bits per heavy atom. The fraction of sp³-hybridized carbons (Fsp3) is 0.333. The Balaban J connectivity index is 1.57. The summed E-state index contributed by atoms with van der Waals surface area (Å²) in [5.74, 6) is 0.913. The van der Waals surface area contributed by atoms with Crippen molar-refractivity contribution < 1.29 is 4.74 Å². The van der Waals surface area contributed by atoms with Gasteiger partial charge in [0, 0.05) is 42.9 Å². The van der Waals surface area contributed by atoms with Gasteiger partial charge in [0.15, 0.2) is 0 Å². The summed E-state index contributed by atoms with van der Waals surface area (Å²) in [5, 5.41) is 0. The van der Waals surface area contributed by atoms with Crippen LogP contribution in [0.2, 0.25) is 0 Å². The monoisotopic (exact) mass is 360 g/mol. The average Bonchev–Trinajstić information content (AvgIpc) is 2.58. The summed E-state index contributed by atoms with van der Waals surface area (Å²) in [5.41, 5.74) is 2.64.